The van der Waals surface area contributed by atoms with Crippen LogP contribution in [-0.4, -0.2) is 10.0 Å². The number of nitrogens with one attached hydrogen (secondary N) is 1. The molecule has 0 amide bonds. The van der Waals surface area contributed by atoms with Gasteiger partial charge in [-0.3, -0.25) is 10.1 Å². The molecular formula is C14H12BrClN2O3. The smallest absolute Gasteiger partial charge is 0.288 e. The van der Waals surface area contributed by atoms with Gasteiger partial charge in [0.05, 0.1) is 9.40 Å². The predicted molar refractivity (Wildman–Crippen MR) is 86.0 cm³/mol. The van der Waals surface area contributed by atoms with Crippen molar-refractivity contribution in [2.24, 2.45) is 0 Å². The molecule has 7 heteroatoms. The second-order valence-corrected chi connectivity index (χ2v) is 5.74. The van der Waals surface area contributed by atoms with Crippen molar-refractivity contribution < 1.29 is 10.0 Å². The zero-order valence-corrected chi connectivity index (χ0v) is 13.4. The summed E-state index contributed by atoms with van der Waals surface area (Å²) in [6.45, 7) is 2.13. The average molecular weight is 372 g/mol. The van der Waals surface area contributed by atoms with Gasteiger partial charge in [-0.1, -0.05) is 23.7 Å². The van der Waals surface area contributed by atoms with Crippen molar-refractivity contribution in [2.45, 2.75) is 13.5 Å². The lowest BCUT2D eigenvalue weighted by Gasteiger charge is -2.12. The lowest BCUT2D eigenvalue weighted by Crippen LogP contribution is -2.02. The Kier molecular flexibility index (Phi) is 4.69. The molecule has 0 heterocycles. The Balaban J connectivity index is 2.23. The first-order valence-electron chi connectivity index (χ1n) is 6.05. The van der Waals surface area contributed by atoms with Gasteiger partial charge in [0.1, 0.15) is 10.8 Å². The minimum atomic E-state index is -0.515. The number of aryl methyl sites for hydroxylation is 1. The maximum Gasteiger partial charge on any atom is 0.288 e. The maximum absolute atomic E-state index is 10.8. The first-order chi connectivity index (χ1) is 9.90. The number of phenolic OH excluding ortho intramolecular Hbond substituents is 1. The fraction of sp³-hybridized carbons (Fsp3) is 0.143. The van der Waals surface area contributed by atoms with Crippen LogP contribution in [0.4, 0.5) is 11.4 Å². The lowest BCUT2D eigenvalue weighted by molar-refractivity contribution is -0.384. The summed E-state index contributed by atoms with van der Waals surface area (Å²) in [6, 6.07) is 8.29. The van der Waals surface area contributed by atoms with Gasteiger partial charge < -0.3 is 10.4 Å². The highest BCUT2D eigenvalue weighted by atomic mass is 79.9. The van der Waals surface area contributed by atoms with Crippen molar-refractivity contribution in [2.75, 3.05) is 5.32 Å². The van der Waals surface area contributed by atoms with E-state index >= 15 is 0 Å². The number of para-hydroxylation sites is 1. The van der Waals surface area contributed by atoms with E-state index < -0.39 is 4.92 Å². The van der Waals surface area contributed by atoms with Crippen LogP contribution in [0.5, 0.6) is 5.75 Å². The number of aromatic hydroxyl groups is 1. The van der Waals surface area contributed by atoms with Gasteiger partial charge in [0, 0.05) is 23.9 Å². The van der Waals surface area contributed by atoms with Crippen molar-refractivity contribution in [3.63, 3.8) is 0 Å². The van der Waals surface area contributed by atoms with Crippen LogP contribution in [0.1, 0.15) is 11.1 Å². The van der Waals surface area contributed by atoms with E-state index in [1.54, 1.807) is 19.1 Å². The number of phenols is 1. The van der Waals surface area contributed by atoms with E-state index in [0.717, 1.165) is 0 Å². The number of nitro groups is 1. The van der Waals surface area contributed by atoms with E-state index in [1.165, 1.54) is 12.1 Å². The standard InChI is InChI=1S/C14H12BrClN2O3/c1-8-5-13(18(20)21)11(16)6-12(8)17-7-9-3-2-4-10(15)14(9)19/h2-6,17,19H,7H2,1H3. The Morgan fingerprint density at radius 3 is 2.81 bits per heavy atom. The summed E-state index contributed by atoms with van der Waals surface area (Å²) in [5, 5.41) is 23.9. The number of hydrogen-bond acceptors (Lipinski definition) is 4. The fourth-order valence-corrected chi connectivity index (χ4v) is 2.53. The summed E-state index contributed by atoms with van der Waals surface area (Å²) >= 11 is 9.15. The Morgan fingerprint density at radius 2 is 2.14 bits per heavy atom. The fourth-order valence-electron chi connectivity index (χ4n) is 1.89. The first kappa shape index (κ1) is 15.6. The van der Waals surface area contributed by atoms with Crippen LogP contribution >= 0.6 is 27.5 Å². The van der Waals surface area contributed by atoms with Crippen LogP contribution in [0, 0.1) is 17.0 Å². The highest BCUT2D eigenvalue weighted by molar-refractivity contribution is 9.10. The van der Waals surface area contributed by atoms with E-state index in [1.807, 2.05) is 6.07 Å². The number of halogens is 2. The number of benzene rings is 2. The molecule has 2 aromatic carbocycles. The maximum atomic E-state index is 10.8. The molecule has 0 spiro atoms. The predicted octanol–water partition coefficient (Wildman–Crippen LogP) is 4.64. The van der Waals surface area contributed by atoms with E-state index in [-0.39, 0.29) is 16.5 Å². The van der Waals surface area contributed by atoms with Crippen LogP contribution in [0.15, 0.2) is 34.8 Å². The van der Waals surface area contributed by atoms with Gasteiger partial charge in [-0.05, 0) is 40.5 Å². The monoisotopic (exact) mass is 370 g/mol. The average Bonchev–Trinajstić information content (AvgIpc) is 2.43. The molecule has 2 N–H and O–H groups in total. The van der Waals surface area contributed by atoms with Crippen molar-refractivity contribution >= 4 is 38.9 Å². The summed E-state index contributed by atoms with van der Waals surface area (Å²) in [7, 11) is 0. The van der Waals surface area contributed by atoms with Crippen molar-refractivity contribution in [3.8, 4) is 5.75 Å². The summed E-state index contributed by atoms with van der Waals surface area (Å²) in [5.41, 5.74) is 1.98. The SMILES string of the molecule is Cc1cc([N+](=O)[O-])c(Cl)cc1NCc1cccc(Br)c1O. The highest BCUT2D eigenvalue weighted by Gasteiger charge is 2.15. The first-order valence-corrected chi connectivity index (χ1v) is 7.22. The molecule has 2 rings (SSSR count). The van der Waals surface area contributed by atoms with Crippen LogP contribution in [0.2, 0.25) is 5.02 Å². The zero-order valence-electron chi connectivity index (χ0n) is 11.1. The van der Waals surface area contributed by atoms with Crippen LogP contribution in [-0.2, 0) is 6.54 Å². The van der Waals surface area contributed by atoms with Gasteiger partial charge in [-0.25, -0.2) is 0 Å². The molecule has 0 aliphatic rings. The second kappa shape index (κ2) is 6.32. The third-order valence-corrected chi connectivity index (χ3v) is 3.97. The number of anilines is 1. The quantitative estimate of drug-likeness (QED) is 0.606. The topological polar surface area (TPSA) is 75.4 Å². The Labute approximate surface area is 134 Å². The van der Waals surface area contributed by atoms with Crippen molar-refractivity contribution in [1.82, 2.24) is 0 Å². The normalized spacial score (nSPS) is 10.4. The molecule has 5 nitrogen and oxygen atoms in total. The van der Waals surface area contributed by atoms with E-state index in [2.05, 4.69) is 21.2 Å². The minimum absolute atomic E-state index is 0.0755. The van der Waals surface area contributed by atoms with Crippen LogP contribution in [0.3, 0.4) is 0 Å². The molecule has 0 aliphatic heterocycles. The van der Waals surface area contributed by atoms with Crippen LogP contribution in [0.25, 0.3) is 0 Å². The van der Waals surface area contributed by atoms with Crippen molar-refractivity contribution in [1.29, 1.82) is 0 Å². The number of nitrogens with zero attached hydrogens (tertiary/aromatic N) is 1. The van der Waals surface area contributed by atoms with E-state index in [4.69, 9.17) is 11.6 Å². The second-order valence-electron chi connectivity index (χ2n) is 4.48. The highest BCUT2D eigenvalue weighted by Crippen LogP contribution is 2.32. The van der Waals surface area contributed by atoms with Crippen molar-refractivity contribution in [3.05, 3.63) is 61.1 Å². The Hall–Kier alpha value is -1.79. The molecule has 0 unspecified atom stereocenters. The molecule has 0 saturated heterocycles. The zero-order chi connectivity index (χ0) is 15.6. The third kappa shape index (κ3) is 3.46. The molecule has 110 valence electrons. The van der Waals surface area contributed by atoms with Gasteiger partial charge >= 0.3 is 0 Å². The Bertz CT molecular complexity index is 707. The minimum Gasteiger partial charge on any atom is -0.506 e. The lowest BCUT2D eigenvalue weighted by atomic mass is 10.1. The van der Waals surface area contributed by atoms with E-state index in [9.17, 15) is 15.2 Å². The number of rotatable bonds is 4. The summed E-state index contributed by atoms with van der Waals surface area (Å²) in [6.07, 6.45) is 0. The summed E-state index contributed by atoms with van der Waals surface area (Å²) in [5.74, 6) is 0.163. The van der Waals surface area contributed by atoms with Gasteiger partial charge in [0.15, 0.2) is 0 Å². The molecule has 2 aromatic rings. The van der Waals surface area contributed by atoms with E-state index in [0.29, 0.717) is 27.8 Å². The van der Waals surface area contributed by atoms with Crippen LogP contribution < -0.4 is 5.32 Å². The molecule has 0 bridgehead atoms. The molecule has 0 atom stereocenters. The Morgan fingerprint density at radius 1 is 1.43 bits per heavy atom. The molecular weight excluding hydrogens is 360 g/mol. The third-order valence-electron chi connectivity index (χ3n) is 3.03. The molecule has 21 heavy (non-hydrogen) atoms. The molecule has 0 fully saturated rings. The number of nitro benzene ring substituents is 1. The summed E-state index contributed by atoms with van der Waals surface area (Å²) < 4.78 is 0.611. The molecule has 0 aromatic heterocycles. The number of hydrogen-bond donors (Lipinski definition) is 2. The van der Waals surface area contributed by atoms with Gasteiger partial charge in [-0.15, -0.1) is 0 Å². The van der Waals surface area contributed by atoms with Gasteiger partial charge in [0.25, 0.3) is 5.69 Å². The van der Waals surface area contributed by atoms with Gasteiger partial charge in [-0.2, -0.15) is 0 Å². The van der Waals surface area contributed by atoms with Gasteiger partial charge in [0.2, 0.25) is 0 Å². The molecule has 0 saturated carbocycles. The largest absolute Gasteiger partial charge is 0.506 e. The molecule has 0 radical (unpaired) electrons. The molecule has 0 aliphatic carbocycles. The summed E-state index contributed by atoms with van der Waals surface area (Å²) in [4.78, 5) is 10.3.